The minimum atomic E-state index is -0.809. The first-order chi connectivity index (χ1) is 19.2. The molecule has 0 unspecified atom stereocenters. The van der Waals surface area contributed by atoms with Crippen LogP contribution >= 0.6 is 11.6 Å². The van der Waals surface area contributed by atoms with Crippen molar-refractivity contribution in [2.24, 2.45) is 5.73 Å². The number of aromatic amines is 1. The lowest BCUT2D eigenvalue weighted by atomic mass is 9.94. The number of nitrogens with two attached hydrogens (primary N) is 1. The largest absolute Gasteiger partial charge is 0.508 e. The van der Waals surface area contributed by atoms with Crippen molar-refractivity contribution in [3.63, 3.8) is 0 Å². The van der Waals surface area contributed by atoms with Crippen molar-refractivity contribution >= 4 is 34.3 Å². The van der Waals surface area contributed by atoms with Crippen LogP contribution in [0.2, 0.25) is 5.02 Å². The number of amides is 2. The van der Waals surface area contributed by atoms with E-state index >= 15 is 0 Å². The van der Waals surface area contributed by atoms with Crippen LogP contribution in [0, 0.1) is 11.6 Å². The molecule has 3 aromatic carbocycles. The summed E-state index contributed by atoms with van der Waals surface area (Å²) in [5.74, 6) is -2.51. The van der Waals surface area contributed by atoms with Gasteiger partial charge in [0.25, 0.3) is 0 Å². The minimum Gasteiger partial charge on any atom is -0.508 e. The zero-order chi connectivity index (χ0) is 28.4. The van der Waals surface area contributed by atoms with Gasteiger partial charge in [0.05, 0.1) is 28.7 Å². The van der Waals surface area contributed by atoms with Crippen molar-refractivity contribution in [3.8, 4) is 16.9 Å². The highest BCUT2D eigenvalue weighted by Crippen LogP contribution is 2.32. The highest BCUT2D eigenvalue weighted by molar-refractivity contribution is 6.33. The van der Waals surface area contributed by atoms with Crippen LogP contribution in [0.3, 0.4) is 0 Å². The third kappa shape index (κ3) is 5.79. The second-order valence-electron chi connectivity index (χ2n) is 9.32. The Morgan fingerprint density at radius 2 is 1.82 bits per heavy atom. The zero-order valence-corrected chi connectivity index (χ0v) is 21.7. The molecule has 5 rings (SSSR count). The van der Waals surface area contributed by atoms with E-state index in [-0.39, 0.29) is 35.1 Å². The Labute approximate surface area is 232 Å². The maximum Gasteiger partial charge on any atom is 0.250 e. The summed E-state index contributed by atoms with van der Waals surface area (Å²) in [7, 11) is 0. The summed E-state index contributed by atoms with van der Waals surface area (Å²) in [6.07, 6.45) is 3.21. The van der Waals surface area contributed by atoms with Crippen molar-refractivity contribution < 1.29 is 23.5 Å². The summed E-state index contributed by atoms with van der Waals surface area (Å²) >= 11 is 6.14. The van der Waals surface area contributed by atoms with Crippen molar-refractivity contribution in [3.05, 3.63) is 118 Å². The first-order valence-corrected chi connectivity index (χ1v) is 12.6. The maximum atomic E-state index is 14.1. The van der Waals surface area contributed by atoms with Gasteiger partial charge in [0.15, 0.2) is 0 Å². The van der Waals surface area contributed by atoms with E-state index in [9.17, 15) is 23.5 Å². The predicted octanol–water partition coefficient (Wildman–Crippen LogP) is 5.61. The van der Waals surface area contributed by atoms with E-state index in [0.717, 1.165) is 11.6 Å². The highest BCUT2D eigenvalue weighted by Gasteiger charge is 2.23. The molecule has 40 heavy (non-hydrogen) atoms. The molecular formula is C30H23ClF2N4O3. The number of phenolic OH excluding ortho intramolecular Hbond substituents is 1. The number of H-pyrrole nitrogens is 1. The number of primary amides is 1. The SMILES string of the molecule is NC(=O)c1cc(-c2cccnc2[C@H](Cc2cc(F)cc(F)c2)NC(=O)Cc2c[nH]c3ccc(O)cc23)ccc1Cl. The number of fused-ring (bicyclic) bond motifs is 1. The fourth-order valence-electron chi connectivity index (χ4n) is 4.73. The highest BCUT2D eigenvalue weighted by atomic mass is 35.5. The molecule has 0 radical (unpaired) electrons. The van der Waals surface area contributed by atoms with Crippen LogP contribution in [-0.4, -0.2) is 26.9 Å². The number of hydrogen-bond acceptors (Lipinski definition) is 4. The molecule has 2 aromatic heterocycles. The number of aromatic nitrogens is 2. The Morgan fingerprint density at radius 3 is 2.58 bits per heavy atom. The molecule has 0 fully saturated rings. The van der Waals surface area contributed by atoms with Crippen LogP contribution in [0.1, 0.15) is 33.2 Å². The number of nitrogens with zero attached hydrogens (tertiary/aromatic N) is 1. The zero-order valence-electron chi connectivity index (χ0n) is 20.9. The topological polar surface area (TPSA) is 121 Å². The smallest absolute Gasteiger partial charge is 0.250 e. The number of pyridine rings is 1. The summed E-state index contributed by atoms with van der Waals surface area (Å²) in [5.41, 5.74) is 8.87. The summed E-state index contributed by atoms with van der Waals surface area (Å²) in [4.78, 5) is 32.8. The normalized spacial score (nSPS) is 11.9. The van der Waals surface area contributed by atoms with E-state index in [1.807, 2.05) is 0 Å². The van der Waals surface area contributed by atoms with Crippen LogP contribution in [0.25, 0.3) is 22.0 Å². The van der Waals surface area contributed by atoms with Gasteiger partial charge in [-0.2, -0.15) is 0 Å². The van der Waals surface area contributed by atoms with Gasteiger partial charge in [0.1, 0.15) is 17.4 Å². The second kappa shape index (κ2) is 11.2. The molecule has 0 aliphatic rings. The van der Waals surface area contributed by atoms with Gasteiger partial charge < -0.3 is 21.1 Å². The summed E-state index contributed by atoms with van der Waals surface area (Å²) < 4.78 is 28.1. The molecule has 0 bridgehead atoms. The van der Waals surface area contributed by atoms with Gasteiger partial charge in [-0.3, -0.25) is 14.6 Å². The summed E-state index contributed by atoms with van der Waals surface area (Å²) in [6, 6.07) is 15.4. The quantitative estimate of drug-likeness (QED) is 0.197. The molecule has 1 atom stereocenters. The number of carbonyl (C=O) groups is 2. The molecule has 0 aliphatic heterocycles. The molecule has 0 spiro atoms. The van der Waals surface area contributed by atoms with Crippen molar-refractivity contribution in [1.82, 2.24) is 15.3 Å². The first kappa shape index (κ1) is 26.8. The van der Waals surface area contributed by atoms with E-state index in [0.29, 0.717) is 33.3 Å². The van der Waals surface area contributed by atoms with Gasteiger partial charge in [-0.25, -0.2) is 8.78 Å². The van der Waals surface area contributed by atoms with Gasteiger partial charge in [-0.15, -0.1) is 0 Å². The average Bonchev–Trinajstić information content (AvgIpc) is 3.29. The lowest BCUT2D eigenvalue weighted by molar-refractivity contribution is -0.121. The van der Waals surface area contributed by atoms with Crippen LogP contribution in [-0.2, 0) is 17.6 Å². The number of hydrogen-bond donors (Lipinski definition) is 4. The number of nitrogens with one attached hydrogen (secondary N) is 2. The lowest BCUT2D eigenvalue weighted by Gasteiger charge is -2.22. The minimum absolute atomic E-state index is 0.0232. The third-order valence-electron chi connectivity index (χ3n) is 6.51. The van der Waals surface area contributed by atoms with Crippen molar-refractivity contribution in [1.29, 1.82) is 0 Å². The molecule has 7 nitrogen and oxygen atoms in total. The molecule has 10 heteroatoms. The van der Waals surface area contributed by atoms with Crippen LogP contribution in [0.15, 0.2) is 79.1 Å². The van der Waals surface area contributed by atoms with Crippen molar-refractivity contribution in [2.75, 3.05) is 0 Å². The summed E-state index contributed by atoms with van der Waals surface area (Å²) in [6.45, 7) is 0. The fraction of sp³-hybridized carbons (Fsp3) is 0.100. The molecule has 2 heterocycles. The number of benzene rings is 3. The molecule has 0 saturated carbocycles. The van der Waals surface area contributed by atoms with Gasteiger partial charge in [-0.1, -0.05) is 23.7 Å². The Hall–Kier alpha value is -4.76. The van der Waals surface area contributed by atoms with Gasteiger partial charge >= 0.3 is 0 Å². The number of aromatic hydroxyl groups is 1. The molecule has 5 aromatic rings. The van der Waals surface area contributed by atoms with E-state index < -0.39 is 23.6 Å². The predicted molar refractivity (Wildman–Crippen MR) is 148 cm³/mol. The standard InChI is InChI=1S/C30H23ClF2N4O3/c31-25-5-3-17(11-24(25)30(34)40)22-2-1-7-35-29(22)27(10-16-8-19(32)13-20(33)9-16)37-28(39)12-18-15-36-26-6-4-21(38)14-23(18)26/h1-9,11,13-15,27,36,38H,10,12H2,(H2,34,40)(H,37,39)/t27-/m0/s1. The average molecular weight is 561 g/mol. The van der Waals surface area contributed by atoms with E-state index in [1.165, 1.54) is 30.5 Å². The van der Waals surface area contributed by atoms with E-state index in [1.54, 1.807) is 42.6 Å². The molecular weight excluding hydrogens is 538 g/mol. The number of carbonyl (C=O) groups excluding carboxylic acids is 2. The van der Waals surface area contributed by atoms with E-state index in [2.05, 4.69) is 15.3 Å². The summed E-state index contributed by atoms with van der Waals surface area (Å²) in [5, 5.41) is 13.7. The Morgan fingerprint density at radius 1 is 1.05 bits per heavy atom. The molecule has 0 aliphatic carbocycles. The lowest BCUT2D eigenvalue weighted by Crippen LogP contribution is -2.32. The van der Waals surface area contributed by atoms with Crippen LogP contribution in [0.4, 0.5) is 8.78 Å². The first-order valence-electron chi connectivity index (χ1n) is 12.3. The maximum absolute atomic E-state index is 14.1. The van der Waals surface area contributed by atoms with Crippen LogP contribution < -0.4 is 11.1 Å². The third-order valence-corrected chi connectivity index (χ3v) is 6.84. The van der Waals surface area contributed by atoms with Crippen LogP contribution in [0.5, 0.6) is 5.75 Å². The second-order valence-corrected chi connectivity index (χ2v) is 9.72. The number of rotatable bonds is 8. The molecule has 5 N–H and O–H groups in total. The monoisotopic (exact) mass is 560 g/mol. The van der Waals surface area contributed by atoms with E-state index in [4.69, 9.17) is 17.3 Å². The van der Waals surface area contributed by atoms with Gasteiger partial charge in [0, 0.05) is 34.9 Å². The van der Waals surface area contributed by atoms with Gasteiger partial charge in [-0.05, 0) is 71.6 Å². The number of halogens is 3. The molecule has 2 amide bonds. The molecule has 202 valence electrons. The Kier molecular flexibility index (Phi) is 7.48. The fourth-order valence-corrected chi connectivity index (χ4v) is 4.94. The van der Waals surface area contributed by atoms with Gasteiger partial charge in [0.2, 0.25) is 11.8 Å². The number of phenols is 1. The van der Waals surface area contributed by atoms with Crippen molar-refractivity contribution in [2.45, 2.75) is 18.9 Å². The Bertz CT molecular complexity index is 1730. The molecule has 0 saturated heterocycles. The Balaban J connectivity index is 1.53.